The Labute approximate surface area is 53.4 Å². The van der Waals surface area contributed by atoms with Crippen molar-refractivity contribution in [1.82, 2.24) is 4.98 Å². The molecule has 0 amide bonds. The highest BCUT2D eigenvalue weighted by Gasteiger charge is 1.76. The molecule has 0 unspecified atom stereocenters. The summed E-state index contributed by atoms with van der Waals surface area (Å²) in [5, 5.41) is 0. The summed E-state index contributed by atoms with van der Waals surface area (Å²) < 4.78 is 0. The zero-order valence-corrected chi connectivity index (χ0v) is 4.95. The van der Waals surface area contributed by atoms with Crippen molar-refractivity contribution < 1.29 is 4.70 Å². The Bertz CT molecular complexity index is 172. The summed E-state index contributed by atoms with van der Waals surface area (Å²) in [5.41, 5.74) is 1.11. The van der Waals surface area contributed by atoms with Crippen LogP contribution in [0.2, 0.25) is 0 Å². The van der Waals surface area contributed by atoms with Gasteiger partial charge in [-0.3, -0.25) is 9.69 Å². The molecule has 0 aliphatic heterocycles. The molecule has 0 aliphatic carbocycles. The average Bonchev–Trinajstić information content (AvgIpc) is 1.90. The van der Waals surface area contributed by atoms with Crippen LogP contribution in [0.5, 0.6) is 0 Å². The van der Waals surface area contributed by atoms with Gasteiger partial charge in [0.2, 0.25) is 0 Å². The Hall–Kier alpha value is -1.18. The van der Waals surface area contributed by atoms with Crippen LogP contribution >= 0.6 is 0 Å². The highest BCUT2D eigenvalue weighted by atomic mass is 19.0. The fraction of sp³-hybridized carbons (Fsp3) is 0. The van der Waals surface area contributed by atoms with E-state index in [-0.39, 0.29) is 4.70 Å². The largest absolute Gasteiger partial charge is 0.269 e. The van der Waals surface area contributed by atoms with Gasteiger partial charge in [0.15, 0.2) is 0 Å². The zero-order valence-electron chi connectivity index (χ0n) is 4.95. The smallest absolute Gasteiger partial charge is 0.0273 e. The van der Waals surface area contributed by atoms with Crippen molar-refractivity contribution >= 4 is 6.08 Å². The number of pyridine rings is 1. The molecule has 2 heteroatoms. The summed E-state index contributed by atoms with van der Waals surface area (Å²) in [6.07, 6.45) is 5.29. The van der Waals surface area contributed by atoms with Crippen LogP contribution in [-0.2, 0) is 0 Å². The molecule has 0 bridgehead atoms. The third-order valence-corrected chi connectivity index (χ3v) is 0.942. The molecule has 0 saturated carbocycles. The first-order valence-corrected chi connectivity index (χ1v) is 2.46. The summed E-state index contributed by atoms with van der Waals surface area (Å²) in [5.74, 6) is 0. The molecule has 0 aliphatic rings. The summed E-state index contributed by atoms with van der Waals surface area (Å²) in [6.45, 7) is 3.60. The standard InChI is InChI=1S/C7H7N.FH/c1-2-7-3-5-8-6-4-7;/h2-6H,1H2;1H. The van der Waals surface area contributed by atoms with Crippen LogP contribution in [0, 0.1) is 0 Å². The van der Waals surface area contributed by atoms with Gasteiger partial charge in [-0.25, -0.2) is 0 Å². The lowest BCUT2D eigenvalue weighted by atomic mass is 10.3. The Balaban J connectivity index is 0.000000640. The SMILES string of the molecule is C=Cc1ccncc1.F. The van der Waals surface area contributed by atoms with E-state index in [1.54, 1.807) is 18.5 Å². The van der Waals surface area contributed by atoms with Crippen molar-refractivity contribution in [3.8, 4) is 0 Å². The number of hydrogen-bond acceptors (Lipinski definition) is 1. The highest BCUT2D eigenvalue weighted by Crippen LogP contribution is 1.94. The summed E-state index contributed by atoms with van der Waals surface area (Å²) in [7, 11) is 0. The first kappa shape index (κ1) is 7.82. The number of nitrogens with zero attached hydrogens (tertiary/aromatic N) is 1. The van der Waals surface area contributed by atoms with Crippen molar-refractivity contribution in [1.29, 1.82) is 0 Å². The molecule has 1 nitrogen and oxygen atoms in total. The van der Waals surface area contributed by atoms with E-state index in [0.717, 1.165) is 5.56 Å². The maximum absolute atomic E-state index is 3.85. The second-order valence-electron chi connectivity index (χ2n) is 1.48. The van der Waals surface area contributed by atoms with Crippen LogP contribution < -0.4 is 0 Å². The molecule has 9 heavy (non-hydrogen) atoms. The van der Waals surface area contributed by atoms with Gasteiger partial charge in [0, 0.05) is 12.4 Å². The van der Waals surface area contributed by atoms with Crippen LogP contribution in [0.3, 0.4) is 0 Å². The van der Waals surface area contributed by atoms with Crippen LogP contribution in [0.15, 0.2) is 31.1 Å². The molecule has 1 rings (SSSR count). The number of halogens is 1. The van der Waals surface area contributed by atoms with Gasteiger partial charge in [-0.2, -0.15) is 0 Å². The summed E-state index contributed by atoms with van der Waals surface area (Å²) in [4.78, 5) is 3.85. The molecular formula is C7H8FN. The van der Waals surface area contributed by atoms with Gasteiger partial charge in [-0.15, -0.1) is 0 Å². The third kappa shape index (κ3) is 2.04. The zero-order chi connectivity index (χ0) is 5.82. The molecule has 1 heterocycles. The Kier molecular flexibility index (Phi) is 3.28. The lowest BCUT2D eigenvalue weighted by Gasteiger charge is -1.84. The van der Waals surface area contributed by atoms with Crippen molar-refractivity contribution in [2.45, 2.75) is 0 Å². The second kappa shape index (κ2) is 3.78. The lowest BCUT2D eigenvalue weighted by Crippen LogP contribution is -1.69. The quantitative estimate of drug-likeness (QED) is 0.558. The van der Waals surface area contributed by atoms with Gasteiger partial charge in [0.1, 0.15) is 0 Å². The minimum atomic E-state index is 0. The van der Waals surface area contributed by atoms with E-state index in [9.17, 15) is 0 Å². The monoisotopic (exact) mass is 125 g/mol. The molecular weight excluding hydrogens is 117 g/mol. The summed E-state index contributed by atoms with van der Waals surface area (Å²) in [6, 6.07) is 3.82. The van der Waals surface area contributed by atoms with E-state index >= 15 is 0 Å². The van der Waals surface area contributed by atoms with Gasteiger partial charge < -0.3 is 0 Å². The third-order valence-electron chi connectivity index (χ3n) is 0.942. The molecule has 0 N–H and O–H groups in total. The van der Waals surface area contributed by atoms with Crippen LogP contribution in [0.4, 0.5) is 4.70 Å². The molecule has 0 radical (unpaired) electrons. The average molecular weight is 125 g/mol. The maximum atomic E-state index is 3.85. The fourth-order valence-corrected chi connectivity index (χ4v) is 0.500. The van der Waals surface area contributed by atoms with E-state index in [0.29, 0.717) is 0 Å². The molecule has 0 spiro atoms. The van der Waals surface area contributed by atoms with Crippen molar-refractivity contribution in [3.63, 3.8) is 0 Å². The molecule has 0 atom stereocenters. The number of aromatic nitrogens is 1. The molecule has 0 aromatic carbocycles. The van der Waals surface area contributed by atoms with Crippen LogP contribution in [0.1, 0.15) is 5.56 Å². The van der Waals surface area contributed by atoms with E-state index in [1.165, 1.54) is 0 Å². The van der Waals surface area contributed by atoms with Gasteiger partial charge in [0.05, 0.1) is 0 Å². The Morgan fingerprint density at radius 3 is 2.22 bits per heavy atom. The molecule has 0 saturated heterocycles. The predicted octanol–water partition coefficient (Wildman–Crippen LogP) is 1.88. The second-order valence-corrected chi connectivity index (χ2v) is 1.48. The highest BCUT2D eigenvalue weighted by molar-refractivity contribution is 5.44. The van der Waals surface area contributed by atoms with Gasteiger partial charge in [-0.1, -0.05) is 12.7 Å². The fourth-order valence-electron chi connectivity index (χ4n) is 0.500. The van der Waals surface area contributed by atoms with E-state index in [4.69, 9.17) is 0 Å². The first-order chi connectivity index (χ1) is 3.93. The summed E-state index contributed by atoms with van der Waals surface area (Å²) >= 11 is 0. The maximum Gasteiger partial charge on any atom is 0.0273 e. The minimum Gasteiger partial charge on any atom is -0.269 e. The minimum absolute atomic E-state index is 0. The van der Waals surface area contributed by atoms with E-state index < -0.39 is 0 Å². The Morgan fingerprint density at radius 1 is 1.33 bits per heavy atom. The Morgan fingerprint density at radius 2 is 1.89 bits per heavy atom. The van der Waals surface area contributed by atoms with E-state index in [1.807, 2.05) is 12.1 Å². The number of rotatable bonds is 1. The van der Waals surface area contributed by atoms with Crippen molar-refractivity contribution in [2.75, 3.05) is 0 Å². The van der Waals surface area contributed by atoms with Gasteiger partial charge in [-0.05, 0) is 17.7 Å². The van der Waals surface area contributed by atoms with Crippen LogP contribution in [-0.4, -0.2) is 4.98 Å². The van der Waals surface area contributed by atoms with Crippen molar-refractivity contribution in [2.24, 2.45) is 0 Å². The lowest BCUT2D eigenvalue weighted by molar-refractivity contribution is 1.11. The first-order valence-electron chi connectivity index (χ1n) is 2.46. The molecule has 1 aromatic rings. The van der Waals surface area contributed by atoms with Crippen LogP contribution in [0.25, 0.3) is 6.08 Å². The topological polar surface area (TPSA) is 12.9 Å². The number of hydrogen-bond donors (Lipinski definition) is 0. The molecule has 1 aromatic heterocycles. The van der Waals surface area contributed by atoms with Crippen molar-refractivity contribution in [3.05, 3.63) is 36.7 Å². The van der Waals surface area contributed by atoms with Gasteiger partial charge in [0.25, 0.3) is 0 Å². The predicted molar refractivity (Wildman–Crippen MR) is 36.8 cm³/mol. The molecule has 48 valence electrons. The molecule has 0 fully saturated rings. The van der Waals surface area contributed by atoms with Gasteiger partial charge >= 0.3 is 0 Å². The normalized spacial score (nSPS) is 7.56. The van der Waals surface area contributed by atoms with E-state index in [2.05, 4.69) is 11.6 Å².